The van der Waals surface area contributed by atoms with E-state index in [1.807, 2.05) is 13.8 Å². The Labute approximate surface area is 231 Å². The van der Waals surface area contributed by atoms with Crippen molar-refractivity contribution in [2.75, 3.05) is 13.6 Å². The van der Waals surface area contributed by atoms with Gasteiger partial charge >= 0.3 is 6.09 Å². The van der Waals surface area contributed by atoms with Crippen LogP contribution < -0.4 is 15.4 Å². The number of hydrogen-bond acceptors (Lipinski definition) is 7. The summed E-state index contributed by atoms with van der Waals surface area (Å²) in [5.74, 6) is 1.18. The van der Waals surface area contributed by atoms with Crippen LogP contribution in [-0.4, -0.2) is 63.7 Å². The average Bonchev–Trinajstić information content (AvgIpc) is 3.40. The number of benzene rings is 1. The molecule has 1 aliphatic heterocycles. The number of amides is 3. The number of alkyl carbamates (subject to hydrolysis) is 1. The van der Waals surface area contributed by atoms with Crippen LogP contribution >= 0.6 is 0 Å². The molecule has 0 saturated carbocycles. The van der Waals surface area contributed by atoms with Gasteiger partial charge in [0.2, 0.25) is 0 Å². The van der Waals surface area contributed by atoms with Gasteiger partial charge in [-0.1, -0.05) is 0 Å². The van der Waals surface area contributed by atoms with E-state index < -0.39 is 11.7 Å². The molecule has 40 heavy (non-hydrogen) atoms. The number of likely N-dealkylation sites (tertiary alicyclic amines) is 1. The Morgan fingerprint density at radius 2 is 1.90 bits per heavy atom. The molecule has 2 unspecified atom stereocenters. The van der Waals surface area contributed by atoms with E-state index in [0.29, 0.717) is 51.4 Å². The number of aryl methyl sites for hydroxylation is 2. The molecule has 11 nitrogen and oxygen atoms in total. The second-order valence-corrected chi connectivity index (χ2v) is 11.0. The van der Waals surface area contributed by atoms with E-state index in [2.05, 4.69) is 15.7 Å². The lowest BCUT2D eigenvalue weighted by Gasteiger charge is -2.46. The van der Waals surface area contributed by atoms with Crippen LogP contribution in [0.15, 0.2) is 41.1 Å². The molecule has 210 valence electrons. The van der Waals surface area contributed by atoms with Crippen LogP contribution in [0.5, 0.6) is 11.5 Å². The molecular weight excluding hydrogens is 514 g/mol. The van der Waals surface area contributed by atoms with Crippen LogP contribution in [0, 0.1) is 13.8 Å². The summed E-state index contributed by atoms with van der Waals surface area (Å²) in [5, 5.41) is 10.6. The molecule has 1 aliphatic rings. The molecule has 5 rings (SSSR count). The molecule has 4 heterocycles. The van der Waals surface area contributed by atoms with Crippen molar-refractivity contribution in [1.82, 2.24) is 25.1 Å². The summed E-state index contributed by atoms with van der Waals surface area (Å²) in [6.45, 7) is 11.3. The Morgan fingerprint density at radius 3 is 2.58 bits per heavy atom. The van der Waals surface area contributed by atoms with Crippen molar-refractivity contribution in [3.8, 4) is 11.5 Å². The molecule has 0 aliphatic carbocycles. The SMILES string of the molecule is CNC(=O)c1c(C)oc2cc(Oc3ccnn4cc(C(=O)N5CC(NC(=O)OC(C)(C)C)C5C)c(C)c34)ccc12. The molecule has 0 spiro atoms. The summed E-state index contributed by atoms with van der Waals surface area (Å²) in [5.41, 5.74) is 2.30. The predicted molar refractivity (Wildman–Crippen MR) is 148 cm³/mol. The fourth-order valence-corrected chi connectivity index (χ4v) is 4.98. The van der Waals surface area contributed by atoms with Gasteiger partial charge in [0, 0.05) is 37.3 Å². The van der Waals surface area contributed by atoms with Gasteiger partial charge in [-0.05, 0) is 59.2 Å². The maximum absolute atomic E-state index is 13.5. The van der Waals surface area contributed by atoms with Gasteiger partial charge in [-0.2, -0.15) is 5.10 Å². The zero-order chi connectivity index (χ0) is 28.9. The monoisotopic (exact) mass is 547 g/mol. The summed E-state index contributed by atoms with van der Waals surface area (Å²) in [4.78, 5) is 39.6. The number of carbonyl (C=O) groups excluding carboxylic acids is 3. The second kappa shape index (κ2) is 9.89. The third-order valence-corrected chi connectivity index (χ3v) is 7.07. The quantitative estimate of drug-likeness (QED) is 0.374. The van der Waals surface area contributed by atoms with Crippen molar-refractivity contribution >= 4 is 34.4 Å². The third kappa shape index (κ3) is 4.83. The minimum Gasteiger partial charge on any atom is -0.460 e. The first-order valence-corrected chi connectivity index (χ1v) is 13.1. The maximum Gasteiger partial charge on any atom is 0.408 e. The highest BCUT2D eigenvalue weighted by molar-refractivity contribution is 6.07. The van der Waals surface area contributed by atoms with Crippen LogP contribution in [-0.2, 0) is 4.74 Å². The van der Waals surface area contributed by atoms with Crippen LogP contribution in [0.4, 0.5) is 4.79 Å². The van der Waals surface area contributed by atoms with Crippen LogP contribution in [0.25, 0.3) is 16.5 Å². The van der Waals surface area contributed by atoms with Gasteiger partial charge in [0.25, 0.3) is 11.8 Å². The van der Waals surface area contributed by atoms with Gasteiger partial charge in [-0.3, -0.25) is 9.59 Å². The smallest absolute Gasteiger partial charge is 0.408 e. The Bertz CT molecular complexity index is 1650. The van der Waals surface area contributed by atoms with Gasteiger partial charge in [-0.25, -0.2) is 9.31 Å². The number of carbonyl (C=O) groups is 3. The number of hydrogen-bond donors (Lipinski definition) is 2. The number of nitrogens with zero attached hydrogens (tertiary/aromatic N) is 3. The van der Waals surface area contributed by atoms with Crippen molar-refractivity contribution in [3.05, 3.63) is 59.1 Å². The molecule has 4 aromatic rings. The maximum atomic E-state index is 13.5. The zero-order valence-corrected chi connectivity index (χ0v) is 23.6. The molecule has 1 saturated heterocycles. The second-order valence-electron chi connectivity index (χ2n) is 11.0. The van der Waals surface area contributed by atoms with E-state index in [1.54, 1.807) is 80.8 Å². The molecule has 0 radical (unpaired) electrons. The van der Waals surface area contributed by atoms with Crippen LogP contribution in [0.2, 0.25) is 0 Å². The molecule has 0 bridgehead atoms. The van der Waals surface area contributed by atoms with Gasteiger partial charge < -0.3 is 29.4 Å². The van der Waals surface area contributed by atoms with E-state index in [0.717, 1.165) is 5.56 Å². The predicted octanol–water partition coefficient (Wildman–Crippen LogP) is 4.59. The first kappa shape index (κ1) is 27.0. The summed E-state index contributed by atoms with van der Waals surface area (Å²) in [6.07, 6.45) is 2.79. The van der Waals surface area contributed by atoms with Crippen molar-refractivity contribution in [2.45, 2.75) is 59.2 Å². The Morgan fingerprint density at radius 1 is 1.15 bits per heavy atom. The van der Waals surface area contributed by atoms with Gasteiger partial charge in [-0.15, -0.1) is 0 Å². The standard InChI is InChI=1S/C29H33N5O6/c1-15-20(27(36)33-14-21(16(33)2)32-28(37)40-29(4,5)6)13-34-25(15)22(10-11-31-34)39-18-8-9-19-23(12-18)38-17(3)24(19)26(35)30-7/h8-13,16,21H,14H2,1-7H3,(H,30,35)(H,32,37). The summed E-state index contributed by atoms with van der Waals surface area (Å²) in [7, 11) is 1.58. The molecule has 2 atom stereocenters. The minimum atomic E-state index is -0.597. The zero-order valence-electron chi connectivity index (χ0n) is 23.6. The molecule has 3 amide bonds. The topological polar surface area (TPSA) is 127 Å². The normalized spacial score (nSPS) is 17.0. The lowest BCUT2D eigenvalue weighted by Crippen LogP contribution is -2.67. The highest BCUT2D eigenvalue weighted by atomic mass is 16.6. The van der Waals surface area contributed by atoms with Crippen molar-refractivity contribution in [2.24, 2.45) is 0 Å². The Hall–Kier alpha value is -4.54. The van der Waals surface area contributed by atoms with E-state index in [4.69, 9.17) is 13.9 Å². The van der Waals surface area contributed by atoms with E-state index in [9.17, 15) is 14.4 Å². The fraction of sp³-hybridized carbons (Fsp3) is 0.379. The summed E-state index contributed by atoms with van der Waals surface area (Å²) in [6, 6.07) is 6.63. The van der Waals surface area contributed by atoms with Crippen LogP contribution in [0.3, 0.4) is 0 Å². The molecule has 3 aromatic heterocycles. The van der Waals surface area contributed by atoms with E-state index in [1.165, 1.54) is 0 Å². The van der Waals surface area contributed by atoms with Crippen LogP contribution in [0.1, 0.15) is 59.7 Å². The average molecular weight is 548 g/mol. The van der Waals surface area contributed by atoms with Gasteiger partial charge in [0.1, 0.15) is 28.2 Å². The number of ether oxygens (including phenoxy) is 2. The molecule has 1 fully saturated rings. The number of fused-ring (bicyclic) bond motifs is 2. The molecule has 11 heteroatoms. The van der Waals surface area contributed by atoms with Gasteiger partial charge in [0.05, 0.1) is 29.4 Å². The first-order valence-electron chi connectivity index (χ1n) is 13.1. The largest absolute Gasteiger partial charge is 0.460 e. The first-order chi connectivity index (χ1) is 18.9. The van der Waals surface area contributed by atoms with Gasteiger partial charge in [0.15, 0.2) is 5.75 Å². The Kier molecular flexibility index (Phi) is 6.69. The third-order valence-electron chi connectivity index (χ3n) is 7.07. The lowest BCUT2D eigenvalue weighted by atomic mass is 9.96. The summed E-state index contributed by atoms with van der Waals surface area (Å²) < 4.78 is 19.0. The minimum absolute atomic E-state index is 0.155. The highest BCUT2D eigenvalue weighted by Gasteiger charge is 2.41. The number of furan rings is 1. The molecule has 2 N–H and O–H groups in total. The van der Waals surface area contributed by atoms with Crippen molar-refractivity contribution in [3.63, 3.8) is 0 Å². The molecular formula is C29H33N5O6. The van der Waals surface area contributed by atoms with E-state index in [-0.39, 0.29) is 23.9 Å². The lowest BCUT2D eigenvalue weighted by molar-refractivity contribution is 0.0197. The molecule has 1 aromatic carbocycles. The summed E-state index contributed by atoms with van der Waals surface area (Å²) >= 11 is 0. The Balaban J connectivity index is 1.36. The number of rotatable bonds is 5. The fourth-order valence-electron chi connectivity index (χ4n) is 4.98. The number of aromatic nitrogens is 2. The van der Waals surface area contributed by atoms with Crippen molar-refractivity contribution < 1.29 is 28.3 Å². The van der Waals surface area contributed by atoms with Crippen molar-refractivity contribution in [1.29, 1.82) is 0 Å². The highest BCUT2D eigenvalue weighted by Crippen LogP contribution is 2.34. The van der Waals surface area contributed by atoms with E-state index >= 15 is 0 Å². The number of nitrogens with one attached hydrogen (secondary N) is 2.